The smallest absolute Gasteiger partial charge is 0.316 e. The van der Waals surface area contributed by atoms with Crippen LogP contribution in [0.3, 0.4) is 0 Å². The van der Waals surface area contributed by atoms with E-state index in [0.717, 1.165) is 31.5 Å². The second-order valence-corrected chi connectivity index (χ2v) is 6.67. The Bertz CT molecular complexity index is 553. The van der Waals surface area contributed by atoms with Gasteiger partial charge in [0.2, 0.25) is 5.91 Å². The van der Waals surface area contributed by atoms with Gasteiger partial charge in [-0.05, 0) is 62.4 Å². The van der Waals surface area contributed by atoms with Crippen molar-refractivity contribution in [2.75, 3.05) is 18.4 Å². The fourth-order valence-electron chi connectivity index (χ4n) is 3.25. The van der Waals surface area contributed by atoms with Crippen LogP contribution in [0.5, 0.6) is 0 Å². The largest absolute Gasteiger partial charge is 0.351 e. The maximum absolute atomic E-state index is 12.3. The molecule has 0 aliphatic carbocycles. The maximum atomic E-state index is 12.3. The van der Waals surface area contributed by atoms with Crippen LogP contribution in [0.15, 0.2) is 24.3 Å². The van der Waals surface area contributed by atoms with Gasteiger partial charge in [0.25, 0.3) is 0 Å². The van der Waals surface area contributed by atoms with Gasteiger partial charge in [-0.3, -0.25) is 4.79 Å². The van der Waals surface area contributed by atoms with Crippen molar-refractivity contribution in [3.63, 3.8) is 0 Å². The summed E-state index contributed by atoms with van der Waals surface area (Å²) in [5.74, 6) is 1.13. The van der Waals surface area contributed by atoms with E-state index in [1.54, 1.807) is 12.1 Å². The van der Waals surface area contributed by atoms with Crippen molar-refractivity contribution in [1.82, 2.24) is 10.6 Å². The van der Waals surface area contributed by atoms with E-state index in [-0.39, 0.29) is 11.9 Å². The Balaban J connectivity index is 1.83. The Kier molecular flexibility index (Phi) is 6.61. The molecule has 0 aromatic heterocycles. The highest BCUT2D eigenvalue weighted by Gasteiger charge is 2.22. The van der Waals surface area contributed by atoms with Crippen LogP contribution in [0.1, 0.15) is 44.7 Å². The number of piperidine rings is 1. The molecule has 0 saturated carbocycles. The van der Waals surface area contributed by atoms with Gasteiger partial charge in [0.05, 0.1) is 6.04 Å². The van der Waals surface area contributed by atoms with E-state index in [2.05, 4.69) is 22.9 Å². The summed E-state index contributed by atoms with van der Waals surface area (Å²) < 4.78 is 0. The molecular weight excluding hydrogens is 304 g/mol. The van der Waals surface area contributed by atoms with Gasteiger partial charge in [-0.1, -0.05) is 19.1 Å². The Morgan fingerprint density at radius 3 is 2.42 bits per heavy atom. The number of rotatable bonds is 6. The summed E-state index contributed by atoms with van der Waals surface area (Å²) in [5, 5.41) is 8.94. The molecule has 5 N–H and O–H groups in total. The van der Waals surface area contributed by atoms with Crippen LogP contribution >= 0.6 is 0 Å². The molecule has 132 valence electrons. The lowest BCUT2D eigenvalue weighted by Crippen LogP contribution is -2.34. The highest BCUT2D eigenvalue weighted by molar-refractivity contribution is 5.87. The average molecular weight is 332 g/mol. The quantitative estimate of drug-likeness (QED) is 0.644. The van der Waals surface area contributed by atoms with Crippen LogP contribution in [0.25, 0.3) is 0 Å². The van der Waals surface area contributed by atoms with E-state index in [9.17, 15) is 9.59 Å². The Labute approximate surface area is 143 Å². The van der Waals surface area contributed by atoms with E-state index in [1.807, 2.05) is 19.1 Å². The first-order valence-electron chi connectivity index (χ1n) is 8.62. The molecule has 1 aliphatic heterocycles. The Morgan fingerprint density at radius 2 is 1.83 bits per heavy atom. The number of carbonyl (C=O) groups excluding carboxylic acids is 2. The number of amides is 3. The molecule has 2 unspecified atom stereocenters. The van der Waals surface area contributed by atoms with Crippen molar-refractivity contribution in [3.8, 4) is 0 Å². The molecule has 3 amide bonds. The SMILES string of the molecule is CC(NC(=O)CC(C)C1CCNCC1)c1ccc(NC(N)=O)cc1. The number of hydrogen-bond acceptors (Lipinski definition) is 3. The molecule has 1 aromatic carbocycles. The lowest BCUT2D eigenvalue weighted by atomic mass is 9.84. The van der Waals surface area contributed by atoms with E-state index < -0.39 is 6.03 Å². The molecule has 1 aromatic rings. The zero-order chi connectivity index (χ0) is 17.5. The van der Waals surface area contributed by atoms with Gasteiger partial charge >= 0.3 is 6.03 Å². The minimum Gasteiger partial charge on any atom is -0.351 e. The molecule has 0 bridgehead atoms. The van der Waals surface area contributed by atoms with Gasteiger partial charge in [-0.2, -0.15) is 0 Å². The average Bonchev–Trinajstić information content (AvgIpc) is 2.55. The predicted molar refractivity (Wildman–Crippen MR) is 95.6 cm³/mol. The zero-order valence-corrected chi connectivity index (χ0v) is 14.5. The van der Waals surface area contributed by atoms with Crippen molar-refractivity contribution in [3.05, 3.63) is 29.8 Å². The fraction of sp³-hybridized carbons (Fsp3) is 0.556. The third-order valence-electron chi connectivity index (χ3n) is 4.75. The topological polar surface area (TPSA) is 96.2 Å². The molecule has 1 heterocycles. The molecule has 6 nitrogen and oxygen atoms in total. The summed E-state index contributed by atoms with van der Waals surface area (Å²) >= 11 is 0. The van der Waals surface area contributed by atoms with E-state index in [4.69, 9.17) is 5.73 Å². The zero-order valence-electron chi connectivity index (χ0n) is 14.5. The molecule has 1 fully saturated rings. The monoisotopic (exact) mass is 332 g/mol. The van der Waals surface area contributed by atoms with Crippen LogP contribution in [0.4, 0.5) is 10.5 Å². The Morgan fingerprint density at radius 1 is 1.21 bits per heavy atom. The molecule has 24 heavy (non-hydrogen) atoms. The van der Waals surface area contributed by atoms with E-state index >= 15 is 0 Å². The molecule has 2 rings (SSSR count). The van der Waals surface area contributed by atoms with Crippen molar-refractivity contribution in [2.45, 2.75) is 39.2 Å². The number of carbonyl (C=O) groups is 2. The van der Waals surface area contributed by atoms with Gasteiger partial charge in [0, 0.05) is 12.1 Å². The number of hydrogen-bond donors (Lipinski definition) is 4. The first-order valence-corrected chi connectivity index (χ1v) is 8.62. The highest BCUT2D eigenvalue weighted by Crippen LogP contribution is 2.24. The van der Waals surface area contributed by atoms with Crippen molar-refractivity contribution in [1.29, 1.82) is 0 Å². The van der Waals surface area contributed by atoms with Gasteiger partial charge in [-0.25, -0.2) is 4.79 Å². The standard InChI is InChI=1S/C18H28N4O2/c1-12(14-7-9-20-10-8-14)11-17(23)21-13(2)15-3-5-16(6-4-15)22-18(19)24/h3-6,12-14,20H,7-11H2,1-2H3,(H,21,23)(H3,19,22,24). The van der Waals surface area contributed by atoms with Crippen molar-refractivity contribution in [2.24, 2.45) is 17.6 Å². The minimum atomic E-state index is -0.587. The minimum absolute atomic E-state index is 0.0691. The van der Waals surface area contributed by atoms with Crippen molar-refractivity contribution >= 4 is 17.6 Å². The molecule has 6 heteroatoms. The lowest BCUT2D eigenvalue weighted by Gasteiger charge is -2.28. The molecule has 0 radical (unpaired) electrons. The number of urea groups is 1. The third kappa shape index (κ3) is 5.53. The maximum Gasteiger partial charge on any atom is 0.316 e. The van der Waals surface area contributed by atoms with Crippen molar-refractivity contribution < 1.29 is 9.59 Å². The van der Waals surface area contributed by atoms with Crippen LogP contribution < -0.4 is 21.7 Å². The third-order valence-corrected chi connectivity index (χ3v) is 4.75. The first-order chi connectivity index (χ1) is 11.5. The van der Waals surface area contributed by atoms with Gasteiger partial charge in [0.1, 0.15) is 0 Å². The molecular formula is C18H28N4O2. The molecule has 0 spiro atoms. The molecule has 1 aliphatic rings. The van der Waals surface area contributed by atoms with E-state index in [1.165, 1.54) is 0 Å². The molecule has 1 saturated heterocycles. The van der Waals surface area contributed by atoms with Crippen LogP contribution in [0, 0.1) is 11.8 Å². The molecule has 2 atom stereocenters. The van der Waals surface area contributed by atoms with Crippen LogP contribution in [0.2, 0.25) is 0 Å². The predicted octanol–water partition coefficient (Wildman–Crippen LogP) is 2.38. The fourth-order valence-corrected chi connectivity index (χ4v) is 3.25. The second kappa shape index (κ2) is 8.68. The summed E-state index contributed by atoms with van der Waals surface area (Å²) in [4.78, 5) is 23.1. The lowest BCUT2D eigenvalue weighted by molar-refractivity contribution is -0.123. The van der Waals surface area contributed by atoms with Crippen LogP contribution in [-0.4, -0.2) is 25.0 Å². The summed E-state index contributed by atoms with van der Waals surface area (Å²) in [6.45, 7) is 6.24. The number of benzene rings is 1. The summed E-state index contributed by atoms with van der Waals surface area (Å²) in [6, 6.07) is 6.66. The summed E-state index contributed by atoms with van der Waals surface area (Å²) in [5.41, 5.74) is 6.72. The normalized spacial score (nSPS) is 17.8. The van der Waals surface area contributed by atoms with Gasteiger partial charge in [0.15, 0.2) is 0 Å². The summed E-state index contributed by atoms with van der Waals surface area (Å²) in [7, 11) is 0. The number of nitrogens with one attached hydrogen (secondary N) is 3. The number of primary amides is 1. The van der Waals surface area contributed by atoms with Gasteiger partial charge < -0.3 is 21.7 Å². The number of nitrogens with two attached hydrogens (primary N) is 1. The summed E-state index contributed by atoms with van der Waals surface area (Å²) in [6.07, 6.45) is 2.87. The van der Waals surface area contributed by atoms with Crippen LogP contribution in [-0.2, 0) is 4.79 Å². The second-order valence-electron chi connectivity index (χ2n) is 6.67. The van der Waals surface area contributed by atoms with E-state index in [0.29, 0.717) is 23.9 Å². The number of anilines is 1. The first kappa shape index (κ1) is 18.3. The van der Waals surface area contributed by atoms with Gasteiger partial charge in [-0.15, -0.1) is 0 Å². The highest BCUT2D eigenvalue weighted by atomic mass is 16.2. The Hall–Kier alpha value is -2.08.